The van der Waals surface area contributed by atoms with Gasteiger partial charge in [-0.2, -0.15) is 0 Å². The number of ether oxygens (including phenoxy) is 2. The molecule has 0 bridgehead atoms. The van der Waals surface area contributed by atoms with Gasteiger partial charge >= 0.3 is 5.97 Å². The van der Waals surface area contributed by atoms with E-state index in [4.69, 9.17) is 18.9 Å². The third-order valence-electron chi connectivity index (χ3n) is 6.75. The Balaban J connectivity index is 1.51. The van der Waals surface area contributed by atoms with Crippen molar-refractivity contribution in [2.24, 2.45) is 4.99 Å². The molecule has 0 aliphatic carbocycles. The number of aromatic nitrogens is 1. The predicted molar refractivity (Wildman–Crippen MR) is 163 cm³/mol. The number of rotatable bonds is 8. The number of hydrogen-bond acceptors (Lipinski definition) is 10. The molecule has 10 nitrogen and oxygen atoms in total. The molecule has 1 aliphatic heterocycles. The zero-order valence-electron chi connectivity index (χ0n) is 22.9. The number of carbonyl (C=O) groups excluding carboxylic acids is 1. The van der Waals surface area contributed by atoms with Gasteiger partial charge in [0.15, 0.2) is 4.80 Å². The van der Waals surface area contributed by atoms with E-state index in [2.05, 4.69) is 0 Å². The molecule has 0 saturated heterocycles. The maximum absolute atomic E-state index is 14.0. The second kappa shape index (κ2) is 11.7. The molecule has 4 heterocycles. The summed E-state index contributed by atoms with van der Waals surface area (Å²) in [6, 6.07) is 20.0. The molecule has 1 atom stereocenters. The number of nitro groups is 1. The number of fused-ring (bicyclic) bond motifs is 1. The van der Waals surface area contributed by atoms with Gasteiger partial charge in [-0.25, -0.2) is 9.79 Å². The highest BCUT2D eigenvalue weighted by molar-refractivity contribution is 7.10. The van der Waals surface area contributed by atoms with Crippen molar-refractivity contribution >= 4 is 46.1 Å². The summed E-state index contributed by atoms with van der Waals surface area (Å²) in [7, 11) is 1.43. The molecule has 0 amide bonds. The average molecular weight is 614 g/mol. The van der Waals surface area contributed by atoms with Crippen LogP contribution in [0.3, 0.4) is 0 Å². The van der Waals surface area contributed by atoms with Gasteiger partial charge in [-0.15, -0.1) is 11.3 Å². The quantitative estimate of drug-likeness (QED) is 0.134. The fraction of sp³-hybridized carbons (Fsp3) is 0.129. The van der Waals surface area contributed by atoms with Gasteiger partial charge in [0.25, 0.3) is 11.2 Å². The van der Waals surface area contributed by atoms with Gasteiger partial charge in [0, 0.05) is 16.5 Å². The predicted octanol–water partition coefficient (Wildman–Crippen LogP) is 5.17. The number of nitrogens with zero attached hydrogens (tertiary/aromatic N) is 3. The smallest absolute Gasteiger partial charge is 0.338 e. The van der Waals surface area contributed by atoms with Gasteiger partial charge in [-0.05, 0) is 42.6 Å². The number of methoxy groups -OCH3 is 1. The minimum absolute atomic E-state index is 0.166. The third kappa shape index (κ3) is 5.22. The molecule has 0 unspecified atom stereocenters. The topological polar surface area (TPSA) is 126 Å². The summed E-state index contributed by atoms with van der Waals surface area (Å²) in [6.45, 7) is 1.90. The number of esters is 1. The molecule has 0 spiro atoms. The van der Waals surface area contributed by atoms with Crippen LogP contribution in [0.1, 0.15) is 29.2 Å². The standard InChI is InChI=1S/C31H23N3O7S2/c1-3-40-30(36)26-27(18-8-5-4-6-9-18)32-31-33(28(26)24-10-7-15-42-24)29(35)25(43-31)17-20-12-14-23(41-20)21-13-11-19(39-2)16-22(21)34(37)38/h4-17,28H,3H2,1-2H3/b25-17-/t28-/m0/s1. The van der Waals surface area contributed by atoms with Crippen molar-refractivity contribution in [3.8, 4) is 17.1 Å². The summed E-state index contributed by atoms with van der Waals surface area (Å²) in [4.78, 5) is 44.6. The average Bonchev–Trinajstić information content (AvgIpc) is 3.78. The summed E-state index contributed by atoms with van der Waals surface area (Å²) in [5, 5.41) is 13.6. The monoisotopic (exact) mass is 613 g/mol. The summed E-state index contributed by atoms with van der Waals surface area (Å²) >= 11 is 2.59. The number of nitro benzene ring substituents is 1. The maximum atomic E-state index is 14.0. The maximum Gasteiger partial charge on any atom is 0.338 e. The molecular weight excluding hydrogens is 590 g/mol. The van der Waals surface area contributed by atoms with Gasteiger partial charge in [-0.3, -0.25) is 19.5 Å². The Kier molecular flexibility index (Phi) is 7.61. The van der Waals surface area contributed by atoms with Crippen LogP contribution in [-0.2, 0) is 9.53 Å². The molecule has 2 aromatic carbocycles. The zero-order chi connectivity index (χ0) is 30.1. The van der Waals surface area contributed by atoms with Crippen LogP contribution >= 0.6 is 22.7 Å². The Bertz CT molecular complexity index is 2060. The van der Waals surface area contributed by atoms with Crippen LogP contribution in [0.5, 0.6) is 5.75 Å². The largest absolute Gasteiger partial charge is 0.497 e. The first kappa shape index (κ1) is 28.1. The normalized spacial score (nSPS) is 14.7. The van der Waals surface area contributed by atoms with Crippen LogP contribution in [-0.4, -0.2) is 29.2 Å². The number of furan rings is 1. The Labute approximate surface area is 252 Å². The molecule has 3 aromatic heterocycles. The van der Waals surface area contributed by atoms with E-state index in [1.165, 1.54) is 29.1 Å². The van der Waals surface area contributed by atoms with Crippen molar-refractivity contribution in [3.63, 3.8) is 0 Å². The van der Waals surface area contributed by atoms with E-state index < -0.39 is 16.9 Å². The third-order valence-corrected chi connectivity index (χ3v) is 8.66. The lowest BCUT2D eigenvalue weighted by Crippen LogP contribution is -2.39. The molecule has 12 heteroatoms. The molecular formula is C31H23N3O7S2. The second-order valence-electron chi connectivity index (χ2n) is 9.29. The number of carbonyl (C=O) groups is 1. The van der Waals surface area contributed by atoms with Crippen LogP contribution in [0.4, 0.5) is 5.69 Å². The number of thiazole rings is 1. The Morgan fingerprint density at radius 2 is 1.95 bits per heavy atom. The van der Waals surface area contributed by atoms with Crippen molar-refractivity contribution in [2.45, 2.75) is 13.0 Å². The zero-order valence-corrected chi connectivity index (χ0v) is 24.5. The van der Waals surface area contributed by atoms with Crippen molar-refractivity contribution in [3.05, 3.63) is 130 Å². The Morgan fingerprint density at radius 3 is 2.65 bits per heavy atom. The minimum atomic E-state index is -0.748. The lowest BCUT2D eigenvalue weighted by atomic mass is 9.97. The highest BCUT2D eigenvalue weighted by Gasteiger charge is 2.35. The van der Waals surface area contributed by atoms with Crippen molar-refractivity contribution in [2.75, 3.05) is 13.7 Å². The fourth-order valence-electron chi connectivity index (χ4n) is 4.86. The van der Waals surface area contributed by atoms with Gasteiger partial charge in [0.1, 0.15) is 23.3 Å². The first-order valence-corrected chi connectivity index (χ1v) is 14.8. The molecule has 43 heavy (non-hydrogen) atoms. The lowest BCUT2D eigenvalue weighted by molar-refractivity contribution is -0.384. The van der Waals surface area contributed by atoms with Crippen LogP contribution in [0.25, 0.3) is 23.1 Å². The highest BCUT2D eigenvalue weighted by atomic mass is 32.1. The van der Waals surface area contributed by atoms with Crippen molar-refractivity contribution in [1.82, 2.24) is 4.57 Å². The van der Waals surface area contributed by atoms with Crippen LogP contribution in [0.2, 0.25) is 0 Å². The van der Waals surface area contributed by atoms with Gasteiger partial charge in [0.05, 0.1) is 46.1 Å². The van der Waals surface area contributed by atoms with E-state index in [1.807, 2.05) is 47.8 Å². The SMILES string of the molecule is CCOC(=O)C1=C(c2ccccc2)N=c2s/c(=C\c3ccc(-c4ccc(OC)cc4[N+](=O)[O-])o3)c(=O)n2[C@H]1c1cccs1. The fourth-order valence-corrected chi connectivity index (χ4v) is 6.66. The van der Waals surface area contributed by atoms with Gasteiger partial charge in [0.2, 0.25) is 0 Å². The first-order chi connectivity index (χ1) is 20.9. The van der Waals surface area contributed by atoms with E-state index in [1.54, 1.807) is 37.3 Å². The highest BCUT2D eigenvalue weighted by Crippen LogP contribution is 2.37. The Morgan fingerprint density at radius 1 is 1.14 bits per heavy atom. The van der Waals surface area contributed by atoms with Crippen molar-refractivity contribution < 1.29 is 23.6 Å². The molecule has 1 aliphatic rings. The van der Waals surface area contributed by atoms with Gasteiger partial charge in [-0.1, -0.05) is 47.7 Å². The summed E-state index contributed by atoms with van der Waals surface area (Å²) in [5.41, 5.74) is 1.19. The molecule has 0 radical (unpaired) electrons. The van der Waals surface area contributed by atoms with Crippen LogP contribution in [0.15, 0.2) is 98.0 Å². The van der Waals surface area contributed by atoms with E-state index in [0.717, 1.165) is 21.8 Å². The second-order valence-corrected chi connectivity index (χ2v) is 11.3. The minimum Gasteiger partial charge on any atom is -0.497 e. The molecule has 5 aromatic rings. The van der Waals surface area contributed by atoms with E-state index in [0.29, 0.717) is 26.5 Å². The van der Waals surface area contributed by atoms with E-state index in [9.17, 15) is 19.7 Å². The molecule has 216 valence electrons. The van der Waals surface area contributed by atoms with Crippen molar-refractivity contribution in [1.29, 1.82) is 0 Å². The Hall–Kier alpha value is -5.07. The number of thiophene rings is 1. The first-order valence-electron chi connectivity index (χ1n) is 13.1. The molecule has 0 saturated carbocycles. The molecule has 0 fully saturated rings. The van der Waals surface area contributed by atoms with E-state index >= 15 is 0 Å². The number of hydrogen-bond donors (Lipinski definition) is 0. The van der Waals surface area contributed by atoms with E-state index in [-0.39, 0.29) is 34.8 Å². The molecule has 6 rings (SSSR count). The summed E-state index contributed by atoms with van der Waals surface area (Å²) < 4.78 is 18.4. The van der Waals surface area contributed by atoms with Crippen LogP contribution < -0.4 is 19.6 Å². The summed E-state index contributed by atoms with van der Waals surface area (Å²) in [5.74, 6) is 0.391. The van der Waals surface area contributed by atoms with Crippen LogP contribution in [0, 0.1) is 10.1 Å². The number of benzene rings is 2. The summed E-state index contributed by atoms with van der Waals surface area (Å²) in [6.07, 6.45) is 1.57. The van der Waals surface area contributed by atoms with Gasteiger partial charge < -0.3 is 13.9 Å². The molecule has 0 N–H and O–H groups in total. The lowest BCUT2D eigenvalue weighted by Gasteiger charge is -2.24.